The highest BCUT2D eigenvalue weighted by molar-refractivity contribution is 7.71. The normalized spacial score (nSPS) is 11.8. The van der Waals surface area contributed by atoms with Crippen LogP contribution in [-0.4, -0.2) is 27.0 Å². The van der Waals surface area contributed by atoms with Gasteiger partial charge in [-0.15, -0.1) is 5.10 Å². The number of hydrogen-bond donors (Lipinski definition) is 2. The predicted molar refractivity (Wildman–Crippen MR) is 76.2 cm³/mol. The number of nitrogens with one attached hydrogen (secondary N) is 2. The van der Waals surface area contributed by atoms with Crippen LogP contribution in [0.15, 0.2) is 29.4 Å². The third kappa shape index (κ3) is 3.79. The van der Waals surface area contributed by atoms with Crippen molar-refractivity contribution in [1.29, 1.82) is 0 Å². The molecule has 0 radical (unpaired) electrons. The van der Waals surface area contributed by atoms with Crippen LogP contribution in [0.5, 0.6) is 0 Å². The zero-order valence-corrected chi connectivity index (χ0v) is 12.0. The van der Waals surface area contributed by atoms with Crippen molar-refractivity contribution in [1.82, 2.24) is 14.9 Å². The van der Waals surface area contributed by atoms with E-state index >= 15 is 0 Å². The molecule has 1 aromatic heterocycles. The van der Waals surface area contributed by atoms with Crippen LogP contribution < -0.4 is 5.32 Å². The lowest BCUT2D eigenvalue weighted by atomic mass is 10.2. The minimum Gasteiger partial charge on any atom is -0.326 e. The lowest BCUT2D eigenvalue weighted by Gasteiger charge is -2.04. The molecule has 10 heteroatoms. The first-order valence-electron chi connectivity index (χ1n) is 5.94. The molecule has 2 rings (SSSR count). The number of carbonyl (C=O) groups excluding carboxylic acids is 1. The van der Waals surface area contributed by atoms with Gasteiger partial charge in [0.15, 0.2) is 0 Å². The van der Waals surface area contributed by atoms with Crippen LogP contribution in [0.25, 0.3) is 0 Å². The highest BCUT2D eigenvalue weighted by Gasteiger charge is 2.37. The Kier molecular flexibility index (Phi) is 4.40. The van der Waals surface area contributed by atoms with Crippen LogP contribution >= 0.6 is 12.2 Å². The summed E-state index contributed by atoms with van der Waals surface area (Å²) in [4.78, 5) is 10.9. The molecule has 0 aliphatic rings. The Balaban J connectivity index is 2.24. The molecule has 1 aromatic carbocycles. The van der Waals surface area contributed by atoms with Gasteiger partial charge in [0.25, 0.3) is 5.82 Å². The van der Waals surface area contributed by atoms with Crippen LogP contribution in [0.1, 0.15) is 18.3 Å². The monoisotopic (exact) mass is 329 g/mol. The first kappa shape index (κ1) is 15.9. The largest absolute Gasteiger partial charge is 0.453 e. The first-order valence-corrected chi connectivity index (χ1v) is 6.35. The molecule has 22 heavy (non-hydrogen) atoms. The van der Waals surface area contributed by atoms with E-state index in [9.17, 15) is 18.0 Å². The summed E-state index contributed by atoms with van der Waals surface area (Å²) in [6, 6.07) is 6.38. The molecule has 0 unspecified atom stereocenters. The SMILES string of the molecule is CC(=O)Nc1ccc(/C=N\n2c(C(F)(F)F)n[nH]c2=S)cc1. The van der Waals surface area contributed by atoms with E-state index < -0.39 is 12.0 Å². The summed E-state index contributed by atoms with van der Waals surface area (Å²) in [7, 11) is 0. The number of H-pyrrole nitrogens is 1. The van der Waals surface area contributed by atoms with E-state index in [4.69, 9.17) is 12.2 Å². The fourth-order valence-corrected chi connectivity index (χ4v) is 1.74. The van der Waals surface area contributed by atoms with Gasteiger partial charge < -0.3 is 5.32 Å². The topological polar surface area (TPSA) is 75.1 Å². The highest BCUT2D eigenvalue weighted by Crippen LogP contribution is 2.27. The number of benzene rings is 1. The van der Waals surface area contributed by atoms with Gasteiger partial charge in [-0.05, 0) is 29.9 Å². The van der Waals surface area contributed by atoms with Crippen molar-refractivity contribution >= 4 is 30.0 Å². The Labute approximate surface area is 127 Å². The number of aromatic nitrogens is 3. The molecule has 2 N–H and O–H groups in total. The second-order valence-electron chi connectivity index (χ2n) is 4.21. The maximum absolute atomic E-state index is 12.7. The molecule has 1 heterocycles. The molecule has 0 aliphatic heterocycles. The van der Waals surface area contributed by atoms with Gasteiger partial charge in [-0.1, -0.05) is 12.1 Å². The van der Waals surface area contributed by atoms with Crippen molar-refractivity contribution < 1.29 is 18.0 Å². The molecule has 0 fully saturated rings. The molecular formula is C12H10F3N5OS. The Hall–Kier alpha value is -2.49. The van der Waals surface area contributed by atoms with Crippen molar-refractivity contribution in [2.75, 3.05) is 5.32 Å². The summed E-state index contributed by atoms with van der Waals surface area (Å²) in [6.07, 6.45) is -3.46. The van der Waals surface area contributed by atoms with Gasteiger partial charge in [-0.3, -0.25) is 4.79 Å². The second kappa shape index (κ2) is 6.10. The Morgan fingerprint density at radius 2 is 2.05 bits per heavy atom. The van der Waals surface area contributed by atoms with E-state index in [-0.39, 0.29) is 10.7 Å². The maximum Gasteiger partial charge on any atom is 0.453 e. The summed E-state index contributed by atoms with van der Waals surface area (Å²) in [5, 5.41) is 11.4. The minimum atomic E-state index is -4.67. The molecule has 0 bridgehead atoms. The molecule has 1 amide bonds. The number of anilines is 1. The number of amides is 1. The first-order chi connectivity index (χ1) is 10.3. The average molecular weight is 329 g/mol. The number of alkyl halides is 3. The third-order valence-corrected chi connectivity index (χ3v) is 2.72. The van der Waals surface area contributed by atoms with Crippen LogP contribution in [-0.2, 0) is 11.0 Å². The maximum atomic E-state index is 12.7. The molecule has 0 atom stereocenters. The summed E-state index contributed by atoms with van der Waals surface area (Å²) >= 11 is 4.71. The molecule has 0 saturated carbocycles. The molecule has 0 saturated heterocycles. The number of carbonyl (C=O) groups is 1. The molecule has 0 spiro atoms. The van der Waals surface area contributed by atoms with Crippen molar-refractivity contribution in [3.8, 4) is 0 Å². The van der Waals surface area contributed by atoms with E-state index in [1.165, 1.54) is 13.1 Å². The highest BCUT2D eigenvalue weighted by atomic mass is 32.1. The Bertz CT molecular complexity index is 760. The van der Waals surface area contributed by atoms with E-state index in [1.807, 2.05) is 0 Å². The van der Waals surface area contributed by atoms with Gasteiger partial charge >= 0.3 is 6.18 Å². The summed E-state index contributed by atoms with van der Waals surface area (Å²) in [5.41, 5.74) is 1.10. The Morgan fingerprint density at radius 1 is 1.41 bits per heavy atom. The molecule has 6 nitrogen and oxygen atoms in total. The fraction of sp³-hybridized carbons (Fsp3) is 0.167. The van der Waals surface area contributed by atoms with Crippen LogP contribution in [0.2, 0.25) is 0 Å². The number of hydrogen-bond acceptors (Lipinski definition) is 4. The smallest absolute Gasteiger partial charge is 0.326 e. The van der Waals surface area contributed by atoms with Gasteiger partial charge in [0.1, 0.15) is 0 Å². The fourth-order valence-electron chi connectivity index (χ4n) is 1.56. The lowest BCUT2D eigenvalue weighted by molar-refractivity contribution is -0.147. The van der Waals surface area contributed by atoms with Gasteiger partial charge in [0.2, 0.25) is 10.7 Å². The number of rotatable bonds is 3. The van der Waals surface area contributed by atoms with Crippen molar-refractivity contribution in [2.24, 2.45) is 5.10 Å². The minimum absolute atomic E-state index is 0.221. The number of nitrogens with zero attached hydrogens (tertiary/aromatic N) is 3. The summed E-state index contributed by atoms with van der Waals surface area (Å²) in [6.45, 7) is 1.37. The number of aromatic amines is 1. The standard InChI is InChI=1S/C12H10F3N5OS/c1-7(21)17-9-4-2-8(3-5-9)6-16-20-10(12(13,14)15)18-19-11(20)22/h2-6H,1H3,(H,17,21)(H,19,22)/b16-6-. The predicted octanol–water partition coefficient (Wildman–Crippen LogP) is 2.80. The zero-order chi connectivity index (χ0) is 16.3. The van der Waals surface area contributed by atoms with Crippen molar-refractivity contribution in [2.45, 2.75) is 13.1 Å². The van der Waals surface area contributed by atoms with Gasteiger partial charge in [0.05, 0.1) is 6.21 Å². The van der Waals surface area contributed by atoms with Gasteiger partial charge in [0, 0.05) is 12.6 Å². The van der Waals surface area contributed by atoms with Crippen LogP contribution in [0.4, 0.5) is 18.9 Å². The van der Waals surface area contributed by atoms with E-state index in [2.05, 4.69) is 20.6 Å². The van der Waals surface area contributed by atoms with Crippen LogP contribution in [0.3, 0.4) is 0 Å². The van der Waals surface area contributed by atoms with Gasteiger partial charge in [-0.2, -0.15) is 22.9 Å². The number of halogens is 3. The van der Waals surface area contributed by atoms with Crippen molar-refractivity contribution in [3.05, 3.63) is 40.4 Å². The second-order valence-corrected chi connectivity index (χ2v) is 4.60. The van der Waals surface area contributed by atoms with E-state index in [1.54, 1.807) is 24.3 Å². The Morgan fingerprint density at radius 3 is 2.59 bits per heavy atom. The van der Waals surface area contributed by atoms with Crippen molar-refractivity contribution in [3.63, 3.8) is 0 Å². The van der Waals surface area contributed by atoms with Crippen LogP contribution in [0, 0.1) is 4.77 Å². The zero-order valence-electron chi connectivity index (χ0n) is 11.2. The molecule has 0 aliphatic carbocycles. The third-order valence-electron chi connectivity index (χ3n) is 2.46. The quantitative estimate of drug-likeness (QED) is 0.672. The van der Waals surface area contributed by atoms with E-state index in [0.29, 0.717) is 15.9 Å². The van der Waals surface area contributed by atoms with Gasteiger partial charge in [-0.25, -0.2) is 5.10 Å². The summed E-state index contributed by atoms with van der Waals surface area (Å²) < 4.78 is 38.3. The molecule has 2 aromatic rings. The summed E-state index contributed by atoms with van der Waals surface area (Å²) in [5.74, 6) is -1.45. The molecular weight excluding hydrogens is 319 g/mol. The molecule has 116 valence electrons. The van der Waals surface area contributed by atoms with E-state index in [0.717, 1.165) is 0 Å². The lowest BCUT2D eigenvalue weighted by Crippen LogP contribution is -2.12. The average Bonchev–Trinajstić information content (AvgIpc) is 2.78.